The Bertz CT molecular complexity index is 1190. The third-order valence-electron chi connectivity index (χ3n) is 6.66. The third kappa shape index (κ3) is 5.00. The van der Waals surface area contributed by atoms with Crippen molar-refractivity contribution in [3.63, 3.8) is 0 Å². The van der Waals surface area contributed by atoms with Crippen LogP contribution in [0.4, 0.5) is 4.39 Å². The summed E-state index contributed by atoms with van der Waals surface area (Å²) in [4.78, 5) is 32.8. The summed E-state index contributed by atoms with van der Waals surface area (Å²) in [7, 11) is 0. The number of piperidine rings is 1. The largest absolute Gasteiger partial charge is 0.352 e. The van der Waals surface area contributed by atoms with Crippen molar-refractivity contribution in [2.45, 2.75) is 58.4 Å². The fourth-order valence-corrected chi connectivity index (χ4v) is 4.76. The van der Waals surface area contributed by atoms with Crippen molar-refractivity contribution < 1.29 is 9.18 Å². The van der Waals surface area contributed by atoms with Crippen molar-refractivity contribution in [3.05, 3.63) is 69.0 Å². The second kappa shape index (κ2) is 10.3. The van der Waals surface area contributed by atoms with Gasteiger partial charge in [-0.05, 0) is 50.8 Å². The highest BCUT2D eigenvalue weighted by Crippen LogP contribution is 2.19. The van der Waals surface area contributed by atoms with Crippen LogP contribution in [0.3, 0.4) is 0 Å². The highest BCUT2D eigenvalue weighted by atomic mass is 19.1. The molecule has 0 bridgehead atoms. The molecule has 4 rings (SSSR count). The number of carbonyl (C=O) groups is 1. The number of nitrogens with zero attached hydrogens (tertiary/aromatic N) is 3. The number of benzene rings is 1. The second-order valence-electron chi connectivity index (χ2n) is 8.80. The number of amides is 1. The van der Waals surface area contributed by atoms with E-state index in [1.54, 1.807) is 25.1 Å². The molecule has 1 aliphatic heterocycles. The number of aromatic amines is 1. The standard InChI is InChI=1S/C25H32FN5O2/c1-3-19-10-6-7-13-30(19)14-8-12-27-24(32)21-16-28-31-23(21)29-17(2)20(25(31)33)15-18-9-4-5-11-22(18)26/h4-5,9,11,16,19,28H,3,6-8,10,12-15H2,1-2H3,(H,27,32). The van der Waals surface area contributed by atoms with Crippen molar-refractivity contribution in [2.24, 2.45) is 0 Å². The van der Waals surface area contributed by atoms with Crippen LogP contribution < -0.4 is 10.9 Å². The number of fused-ring (bicyclic) bond motifs is 1. The van der Waals surface area contributed by atoms with Crippen LogP contribution in [0.1, 0.15) is 66.2 Å². The summed E-state index contributed by atoms with van der Waals surface area (Å²) in [5, 5.41) is 5.80. The Balaban J connectivity index is 1.43. The van der Waals surface area contributed by atoms with Gasteiger partial charge in [-0.25, -0.2) is 13.9 Å². The molecule has 0 spiro atoms. The molecule has 8 heteroatoms. The zero-order valence-corrected chi connectivity index (χ0v) is 19.4. The SMILES string of the molecule is CCC1CCCCN1CCCNC(=O)c1c[nH]n2c(=O)c(Cc3ccccc3F)c(C)nc12. The summed E-state index contributed by atoms with van der Waals surface area (Å²) < 4.78 is 15.3. The van der Waals surface area contributed by atoms with Gasteiger partial charge < -0.3 is 10.2 Å². The minimum Gasteiger partial charge on any atom is -0.352 e. The average molecular weight is 454 g/mol. The molecule has 2 aromatic heterocycles. The first-order chi connectivity index (χ1) is 16.0. The van der Waals surface area contributed by atoms with E-state index < -0.39 is 0 Å². The summed E-state index contributed by atoms with van der Waals surface area (Å²) in [5.41, 5.74) is 1.62. The maximum Gasteiger partial charge on any atom is 0.276 e. The molecule has 7 nitrogen and oxygen atoms in total. The van der Waals surface area contributed by atoms with Gasteiger partial charge in [0.2, 0.25) is 0 Å². The lowest BCUT2D eigenvalue weighted by Gasteiger charge is -2.35. The summed E-state index contributed by atoms with van der Waals surface area (Å²) in [6, 6.07) is 7.04. The minimum absolute atomic E-state index is 0.142. The number of halogens is 1. The van der Waals surface area contributed by atoms with Gasteiger partial charge >= 0.3 is 0 Å². The van der Waals surface area contributed by atoms with Gasteiger partial charge in [-0.1, -0.05) is 31.5 Å². The second-order valence-corrected chi connectivity index (χ2v) is 8.80. The smallest absolute Gasteiger partial charge is 0.276 e. The molecule has 0 aliphatic carbocycles. The first-order valence-electron chi connectivity index (χ1n) is 11.8. The van der Waals surface area contributed by atoms with Gasteiger partial charge in [0.05, 0.1) is 0 Å². The van der Waals surface area contributed by atoms with Crippen LogP contribution in [0.15, 0.2) is 35.3 Å². The molecule has 176 valence electrons. The molecule has 1 aromatic carbocycles. The van der Waals surface area contributed by atoms with Gasteiger partial charge in [0, 0.05) is 43.0 Å². The Labute approximate surface area is 193 Å². The van der Waals surface area contributed by atoms with Crippen LogP contribution in [0.5, 0.6) is 0 Å². The molecular weight excluding hydrogens is 421 g/mol. The van der Waals surface area contributed by atoms with E-state index in [-0.39, 0.29) is 29.4 Å². The average Bonchev–Trinajstić information content (AvgIpc) is 3.24. The van der Waals surface area contributed by atoms with E-state index in [1.807, 2.05) is 0 Å². The van der Waals surface area contributed by atoms with E-state index in [0.717, 1.165) is 19.5 Å². The molecule has 33 heavy (non-hydrogen) atoms. The number of rotatable bonds is 8. The first kappa shape index (κ1) is 23.2. The lowest BCUT2D eigenvalue weighted by molar-refractivity contribution is 0.0948. The number of nitrogens with one attached hydrogen (secondary N) is 2. The predicted molar refractivity (Wildman–Crippen MR) is 126 cm³/mol. The molecular formula is C25H32FN5O2. The summed E-state index contributed by atoms with van der Waals surface area (Å²) >= 11 is 0. The summed E-state index contributed by atoms with van der Waals surface area (Å²) in [6.07, 6.45) is 7.50. The van der Waals surface area contributed by atoms with Crippen LogP contribution in [-0.4, -0.2) is 51.1 Å². The van der Waals surface area contributed by atoms with Crippen LogP contribution in [0.2, 0.25) is 0 Å². The fraction of sp³-hybridized carbons (Fsp3) is 0.480. The van der Waals surface area contributed by atoms with Crippen LogP contribution in [-0.2, 0) is 6.42 Å². The van der Waals surface area contributed by atoms with Crippen LogP contribution in [0.25, 0.3) is 5.65 Å². The van der Waals surface area contributed by atoms with Crippen molar-refractivity contribution in [2.75, 3.05) is 19.6 Å². The van der Waals surface area contributed by atoms with Gasteiger partial charge in [-0.15, -0.1) is 0 Å². The summed E-state index contributed by atoms with van der Waals surface area (Å²) in [5.74, 6) is -0.615. The lowest BCUT2D eigenvalue weighted by atomic mass is 10.00. The van der Waals surface area contributed by atoms with Gasteiger partial charge in [-0.2, -0.15) is 0 Å². The number of aromatic nitrogens is 3. The maximum absolute atomic E-state index is 14.1. The Morgan fingerprint density at radius 2 is 2.12 bits per heavy atom. The monoisotopic (exact) mass is 453 g/mol. The van der Waals surface area contributed by atoms with E-state index in [1.165, 1.54) is 42.5 Å². The highest BCUT2D eigenvalue weighted by molar-refractivity contribution is 5.99. The van der Waals surface area contributed by atoms with E-state index >= 15 is 0 Å². The molecule has 0 saturated carbocycles. The van der Waals surface area contributed by atoms with Gasteiger partial charge in [0.1, 0.15) is 11.4 Å². The Morgan fingerprint density at radius 3 is 2.91 bits per heavy atom. The number of aryl methyl sites for hydroxylation is 1. The van der Waals surface area contributed by atoms with Gasteiger partial charge in [0.15, 0.2) is 5.65 Å². The van der Waals surface area contributed by atoms with Crippen molar-refractivity contribution in [1.29, 1.82) is 0 Å². The molecule has 2 N–H and O–H groups in total. The van der Waals surface area contributed by atoms with Crippen LogP contribution >= 0.6 is 0 Å². The molecule has 1 amide bonds. The topological polar surface area (TPSA) is 82.5 Å². The molecule has 3 aromatic rings. The normalized spacial score (nSPS) is 16.9. The molecule has 1 atom stereocenters. The van der Waals surface area contributed by atoms with E-state index in [0.29, 0.717) is 35.0 Å². The Morgan fingerprint density at radius 1 is 1.30 bits per heavy atom. The molecule has 1 unspecified atom stereocenters. The number of carbonyl (C=O) groups excluding carboxylic acids is 1. The zero-order valence-electron chi connectivity index (χ0n) is 19.4. The van der Waals surface area contributed by atoms with Gasteiger partial charge in [0.25, 0.3) is 11.5 Å². The zero-order chi connectivity index (χ0) is 23.4. The molecule has 0 radical (unpaired) electrons. The molecule has 1 fully saturated rings. The van der Waals surface area contributed by atoms with E-state index in [9.17, 15) is 14.0 Å². The van der Waals surface area contributed by atoms with E-state index in [4.69, 9.17) is 0 Å². The summed E-state index contributed by atoms with van der Waals surface area (Å²) in [6.45, 7) is 6.63. The lowest BCUT2D eigenvalue weighted by Crippen LogP contribution is -2.40. The molecule has 3 heterocycles. The Hall–Kier alpha value is -3.00. The molecule has 1 aliphatic rings. The third-order valence-corrected chi connectivity index (χ3v) is 6.66. The first-order valence-corrected chi connectivity index (χ1v) is 11.8. The fourth-order valence-electron chi connectivity index (χ4n) is 4.76. The number of H-pyrrole nitrogens is 1. The predicted octanol–water partition coefficient (Wildman–Crippen LogP) is 3.45. The van der Waals surface area contributed by atoms with Crippen LogP contribution in [0, 0.1) is 12.7 Å². The van der Waals surface area contributed by atoms with Crippen molar-refractivity contribution in [3.8, 4) is 0 Å². The molecule has 1 saturated heterocycles. The maximum atomic E-state index is 14.1. The number of hydrogen-bond acceptors (Lipinski definition) is 4. The van der Waals surface area contributed by atoms with Crippen molar-refractivity contribution >= 4 is 11.6 Å². The number of hydrogen-bond donors (Lipinski definition) is 2. The van der Waals surface area contributed by atoms with Gasteiger partial charge in [-0.3, -0.25) is 14.7 Å². The van der Waals surface area contributed by atoms with E-state index in [2.05, 4.69) is 27.2 Å². The Kier molecular flexibility index (Phi) is 7.23. The minimum atomic E-state index is -0.359. The number of likely N-dealkylation sites (tertiary alicyclic amines) is 1. The van der Waals surface area contributed by atoms with Crippen molar-refractivity contribution in [1.82, 2.24) is 24.8 Å². The highest BCUT2D eigenvalue weighted by Gasteiger charge is 2.21. The quantitative estimate of drug-likeness (QED) is 0.512.